The van der Waals surface area contributed by atoms with E-state index in [1.807, 2.05) is 0 Å². The molecule has 0 aromatic heterocycles. The first-order chi connectivity index (χ1) is 7.24. The first kappa shape index (κ1) is 14.7. The van der Waals surface area contributed by atoms with Crippen molar-refractivity contribution in [2.45, 2.75) is 59.3 Å². The fourth-order valence-electron chi connectivity index (χ4n) is 2.38. The van der Waals surface area contributed by atoms with Crippen molar-refractivity contribution in [3.05, 3.63) is 12.2 Å². The first-order valence-corrected chi connectivity index (χ1v) is 6.50. The lowest BCUT2D eigenvalue weighted by Gasteiger charge is -2.32. The molecule has 0 bridgehead atoms. The van der Waals surface area contributed by atoms with Gasteiger partial charge in [-0.05, 0) is 51.6 Å². The molecule has 0 amide bonds. The topological polar surface area (TPSA) is 12.0 Å². The molecule has 1 atom stereocenters. The van der Waals surface area contributed by atoms with Crippen molar-refractivity contribution in [3.63, 3.8) is 0 Å². The Labute approximate surface area is 96.3 Å². The van der Waals surface area contributed by atoms with Crippen LogP contribution in [-0.2, 0) is 0 Å². The lowest BCUT2D eigenvalue weighted by atomic mass is 9.74. The van der Waals surface area contributed by atoms with E-state index in [4.69, 9.17) is 0 Å². The second-order valence-electron chi connectivity index (χ2n) is 4.56. The Morgan fingerprint density at radius 3 is 2.33 bits per heavy atom. The van der Waals surface area contributed by atoms with E-state index < -0.39 is 0 Å². The number of hydrogen-bond acceptors (Lipinski definition) is 1. The average molecular weight is 211 g/mol. The Morgan fingerprint density at radius 2 is 1.87 bits per heavy atom. The van der Waals surface area contributed by atoms with Crippen LogP contribution in [0.4, 0.5) is 0 Å². The highest BCUT2D eigenvalue weighted by atomic mass is 14.8. The fourth-order valence-corrected chi connectivity index (χ4v) is 2.38. The molecule has 1 N–H and O–H groups in total. The van der Waals surface area contributed by atoms with E-state index in [1.54, 1.807) is 0 Å². The van der Waals surface area contributed by atoms with Crippen molar-refractivity contribution in [1.82, 2.24) is 5.32 Å². The van der Waals surface area contributed by atoms with Crippen LogP contribution in [0.1, 0.15) is 59.3 Å². The van der Waals surface area contributed by atoms with E-state index in [9.17, 15) is 0 Å². The molecule has 0 rings (SSSR count). The zero-order valence-electron chi connectivity index (χ0n) is 11.1. The van der Waals surface area contributed by atoms with Gasteiger partial charge in [-0.3, -0.25) is 0 Å². The summed E-state index contributed by atoms with van der Waals surface area (Å²) in [4.78, 5) is 0. The number of hydrogen-bond donors (Lipinski definition) is 1. The third kappa shape index (κ3) is 5.99. The van der Waals surface area contributed by atoms with E-state index in [0.717, 1.165) is 6.54 Å². The Kier molecular flexibility index (Phi) is 8.79. The summed E-state index contributed by atoms with van der Waals surface area (Å²) in [6.45, 7) is 7.92. The van der Waals surface area contributed by atoms with E-state index in [-0.39, 0.29) is 0 Å². The first-order valence-electron chi connectivity index (χ1n) is 6.50. The number of rotatable bonds is 9. The van der Waals surface area contributed by atoms with Crippen molar-refractivity contribution >= 4 is 0 Å². The highest BCUT2D eigenvalue weighted by Gasteiger charge is 2.25. The van der Waals surface area contributed by atoms with Gasteiger partial charge in [-0.2, -0.15) is 0 Å². The molecule has 0 aliphatic rings. The van der Waals surface area contributed by atoms with E-state index in [2.05, 4.69) is 45.3 Å². The van der Waals surface area contributed by atoms with Crippen molar-refractivity contribution < 1.29 is 0 Å². The van der Waals surface area contributed by atoms with Gasteiger partial charge in [-0.15, -0.1) is 0 Å². The molecule has 0 aromatic rings. The molecule has 0 aromatic carbocycles. The zero-order chi connectivity index (χ0) is 11.6. The van der Waals surface area contributed by atoms with Crippen molar-refractivity contribution in [1.29, 1.82) is 0 Å². The van der Waals surface area contributed by atoms with Crippen molar-refractivity contribution in [2.75, 3.05) is 13.6 Å². The summed E-state index contributed by atoms with van der Waals surface area (Å²) in [6, 6.07) is 0. The third-order valence-electron chi connectivity index (χ3n) is 3.51. The van der Waals surface area contributed by atoms with Crippen LogP contribution < -0.4 is 5.32 Å². The highest BCUT2D eigenvalue weighted by molar-refractivity contribution is 4.84. The van der Waals surface area contributed by atoms with Gasteiger partial charge in [0.05, 0.1) is 0 Å². The summed E-state index contributed by atoms with van der Waals surface area (Å²) in [6.07, 6.45) is 12.4. The van der Waals surface area contributed by atoms with Gasteiger partial charge in [-0.25, -0.2) is 0 Å². The van der Waals surface area contributed by atoms with Gasteiger partial charge in [0.15, 0.2) is 0 Å². The van der Waals surface area contributed by atoms with Crippen LogP contribution in [0.25, 0.3) is 0 Å². The highest BCUT2D eigenvalue weighted by Crippen LogP contribution is 2.36. The predicted octanol–water partition coefficient (Wildman–Crippen LogP) is 4.15. The molecule has 0 radical (unpaired) electrons. The van der Waals surface area contributed by atoms with Crippen LogP contribution in [0, 0.1) is 5.41 Å². The Morgan fingerprint density at radius 1 is 1.13 bits per heavy atom. The molecule has 0 spiro atoms. The van der Waals surface area contributed by atoms with Gasteiger partial charge in [0.25, 0.3) is 0 Å². The van der Waals surface area contributed by atoms with Crippen LogP contribution in [0.2, 0.25) is 0 Å². The molecule has 0 aliphatic carbocycles. The van der Waals surface area contributed by atoms with Crippen LogP contribution in [0.15, 0.2) is 12.2 Å². The Balaban J connectivity index is 4.21. The smallest absolute Gasteiger partial charge is 0.00466 e. The molecule has 0 saturated heterocycles. The minimum atomic E-state index is 0.581. The van der Waals surface area contributed by atoms with Crippen molar-refractivity contribution in [2.24, 2.45) is 5.41 Å². The summed E-state index contributed by atoms with van der Waals surface area (Å²) < 4.78 is 0. The maximum Gasteiger partial charge on any atom is -0.00466 e. The standard InChI is InChI=1S/C14H29N/c1-5-8-9-11-14(7-3,10-6-2)12-13-15-4/h5,8,15H,6-7,9-13H2,1-4H3. The molecule has 0 aliphatic heterocycles. The maximum atomic E-state index is 3.29. The average Bonchev–Trinajstić information content (AvgIpc) is 2.26. The summed E-state index contributed by atoms with van der Waals surface area (Å²) >= 11 is 0. The van der Waals surface area contributed by atoms with E-state index in [0.29, 0.717) is 5.41 Å². The molecule has 0 saturated carbocycles. The minimum Gasteiger partial charge on any atom is -0.320 e. The molecular weight excluding hydrogens is 182 g/mol. The lowest BCUT2D eigenvalue weighted by Crippen LogP contribution is -2.25. The predicted molar refractivity (Wildman–Crippen MR) is 70.2 cm³/mol. The molecule has 1 heteroatoms. The van der Waals surface area contributed by atoms with Crippen LogP contribution in [0.5, 0.6) is 0 Å². The molecule has 90 valence electrons. The normalized spacial score (nSPS) is 15.7. The van der Waals surface area contributed by atoms with E-state index >= 15 is 0 Å². The summed E-state index contributed by atoms with van der Waals surface area (Å²) in [7, 11) is 2.05. The molecule has 0 heterocycles. The Bertz CT molecular complexity index is 163. The van der Waals surface area contributed by atoms with Crippen molar-refractivity contribution in [3.8, 4) is 0 Å². The molecule has 1 nitrogen and oxygen atoms in total. The SMILES string of the molecule is CC=CCCC(CC)(CCC)CCNC. The van der Waals surface area contributed by atoms with Gasteiger partial charge in [0, 0.05) is 0 Å². The Hall–Kier alpha value is -0.300. The quantitative estimate of drug-likeness (QED) is 0.565. The number of nitrogens with one attached hydrogen (secondary N) is 1. The lowest BCUT2D eigenvalue weighted by molar-refractivity contribution is 0.207. The molecule has 1 unspecified atom stereocenters. The summed E-state index contributed by atoms with van der Waals surface area (Å²) in [5.41, 5.74) is 0.581. The van der Waals surface area contributed by atoms with Gasteiger partial charge < -0.3 is 5.32 Å². The van der Waals surface area contributed by atoms with Gasteiger partial charge in [-0.1, -0.05) is 38.8 Å². The zero-order valence-corrected chi connectivity index (χ0v) is 11.1. The van der Waals surface area contributed by atoms with Crippen LogP contribution >= 0.6 is 0 Å². The molecular formula is C14H29N. The monoisotopic (exact) mass is 211 g/mol. The molecule has 15 heavy (non-hydrogen) atoms. The van der Waals surface area contributed by atoms with Gasteiger partial charge in [0.1, 0.15) is 0 Å². The number of allylic oxidation sites excluding steroid dienone is 2. The van der Waals surface area contributed by atoms with Crippen LogP contribution in [0.3, 0.4) is 0 Å². The fraction of sp³-hybridized carbons (Fsp3) is 0.857. The van der Waals surface area contributed by atoms with Crippen LogP contribution in [-0.4, -0.2) is 13.6 Å². The maximum absolute atomic E-state index is 3.29. The molecule has 0 fully saturated rings. The second-order valence-corrected chi connectivity index (χ2v) is 4.56. The van der Waals surface area contributed by atoms with Gasteiger partial charge in [0.2, 0.25) is 0 Å². The van der Waals surface area contributed by atoms with Gasteiger partial charge >= 0.3 is 0 Å². The largest absolute Gasteiger partial charge is 0.320 e. The minimum absolute atomic E-state index is 0.581. The summed E-state index contributed by atoms with van der Waals surface area (Å²) in [5.74, 6) is 0. The third-order valence-corrected chi connectivity index (χ3v) is 3.51. The second kappa shape index (κ2) is 8.96. The summed E-state index contributed by atoms with van der Waals surface area (Å²) in [5, 5.41) is 3.29. The van der Waals surface area contributed by atoms with E-state index in [1.165, 1.54) is 38.5 Å².